The number of thiophene rings is 1. The summed E-state index contributed by atoms with van der Waals surface area (Å²) < 4.78 is 4.87. The number of rotatable bonds is 4. The smallest absolute Gasteiger partial charge is 0.0407 e. The molecular formula is C20H25NS2. The molecule has 0 spiro atoms. The summed E-state index contributed by atoms with van der Waals surface area (Å²) in [7, 11) is 0. The Morgan fingerprint density at radius 3 is 2.78 bits per heavy atom. The minimum absolute atomic E-state index is 0.471. The monoisotopic (exact) mass is 343 g/mol. The molecule has 0 bridgehead atoms. The summed E-state index contributed by atoms with van der Waals surface area (Å²) in [4.78, 5) is 2.76. The standard InChI is InChI=1S/C18H19NS2.C2H6/c1-13-6-5-7-14(2)18(10-13)21-19-12-16-11-15-8-3-4-9-17(15)20-16;1-2/h3-11,14,19H,12H2,1-2H3;1-2H3. The van der Waals surface area contributed by atoms with Gasteiger partial charge in [0.05, 0.1) is 0 Å². The molecule has 1 heterocycles. The third kappa shape index (κ3) is 5.10. The van der Waals surface area contributed by atoms with Crippen molar-refractivity contribution < 1.29 is 0 Å². The Kier molecular flexibility index (Phi) is 7.15. The Bertz CT molecular complexity index is 689. The molecule has 122 valence electrons. The minimum Gasteiger partial charge on any atom is -0.255 e. The average Bonchev–Trinajstić information content (AvgIpc) is 2.91. The molecule has 0 radical (unpaired) electrons. The van der Waals surface area contributed by atoms with Crippen LogP contribution in [0.2, 0.25) is 0 Å². The van der Waals surface area contributed by atoms with Crippen molar-refractivity contribution >= 4 is 33.4 Å². The van der Waals surface area contributed by atoms with Gasteiger partial charge in [0, 0.05) is 26.9 Å². The van der Waals surface area contributed by atoms with Crippen LogP contribution in [0.25, 0.3) is 10.1 Å². The molecule has 2 aromatic rings. The molecule has 0 aliphatic heterocycles. The second-order valence-electron chi connectivity index (χ2n) is 5.30. The van der Waals surface area contributed by atoms with Gasteiger partial charge in [0.2, 0.25) is 0 Å². The van der Waals surface area contributed by atoms with Gasteiger partial charge in [-0.3, -0.25) is 4.72 Å². The highest BCUT2D eigenvalue weighted by molar-refractivity contribution is 8.01. The molecule has 1 atom stereocenters. The van der Waals surface area contributed by atoms with Gasteiger partial charge >= 0.3 is 0 Å². The van der Waals surface area contributed by atoms with Crippen LogP contribution < -0.4 is 4.72 Å². The predicted octanol–water partition coefficient (Wildman–Crippen LogP) is 6.70. The van der Waals surface area contributed by atoms with Crippen LogP contribution in [0.4, 0.5) is 0 Å². The molecule has 0 fully saturated rings. The number of allylic oxidation sites excluding steroid dienone is 6. The van der Waals surface area contributed by atoms with E-state index in [1.54, 1.807) is 11.9 Å². The largest absolute Gasteiger partial charge is 0.255 e. The Morgan fingerprint density at radius 1 is 1.22 bits per heavy atom. The van der Waals surface area contributed by atoms with E-state index in [0.29, 0.717) is 5.92 Å². The first kappa shape index (κ1) is 18.1. The molecule has 1 aliphatic carbocycles. The molecule has 0 saturated carbocycles. The van der Waals surface area contributed by atoms with Crippen molar-refractivity contribution in [3.05, 3.63) is 70.0 Å². The van der Waals surface area contributed by atoms with E-state index in [1.807, 2.05) is 25.2 Å². The van der Waals surface area contributed by atoms with E-state index < -0.39 is 0 Å². The number of hydrogen-bond acceptors (Lipinski definition) is 3. The van der Waals surface area contributed by atoms with Crippen LogP contribution in [0.5, 0.6) is 0 Å². The Morgan fingerprint density at radius 2 is 2.00 bits per heavy atom. The molecule has 23 heavy (non-hydrogen) atoms. The zero-order chi connectivity index (χ0) is 16.7. The van der Waals surface area contributed by atoms with Crippen LogP contribution in [0.3, 0.4) is 0 Å². The average molecular weight is 344 g/mol. The van der Waals surface area contributed by atoms with E-state index in [-0.39, 0.29) is 0 Å². The highest BCUT2D eigenvalue weighted by Crippen LogP contribution is 2.29. The highest BCUT2D eigenvalue weighted by Gasteiger charge is 2.09. The summed E-state index contributed by atoms with van der Waals surface area (Å²) in [5, 5.41) is 1.34. The van der Waals surface area contributed by atoms with Gasteiger partial charge in [-0.15, -0.1) is 11.3 Å². The van der Waals surface area contributed by atoms with Gasteiger partial charge < -0.3 is 0 Å². The molecule has 1 aliphatic rings. The molecule has 1 N–H and O–H groups in total. The molecule has 0 amide bonds. The fourth-order valence-electron chi connectivity index (χ4n) is 2.31. The second-order valence-corrected chi connectivity index (χ2v) is 7.44. The Labute approximate surface area is 148 Å². The SMILES string of the molecule is CC.CC1=CC=CC(C)C(SNCc2cc3ccccc3s2)=C1. The number of fused-ring (bicyclic) bond motifs is 1. The van der Waals surface area contributed by atoms with E-state index >= 15 is 0 Å². The quantitative estimate of drug-likeness (QED) is 0.620. The molecule has 1 unspecified atom stereocenters. The Balaban J connectivity index is 0.000000924. The van der Waals surface area contributed by atoms with Gasteiger partial charge in [-0.25, -0.2) is 0 Å². The lowest BCUT2D eigenvalue weighted by atomic mass is 10.1. The lowest BCUT2D eigenvalue weighted by Crippen LogP contribution is -2.05. The molecule has 1 aromatic heterocycles. The molecule has 3 rings (SSSR count). The van der Waals surface area contributed by atoms with Gasteiger partial charge in [0.15, 0.2) is 0 Å². The Hall–Kier alpha value is -1.29. The van der Waals surface area contributed by atoms with Crippen LogP contribution >= 0.6 is 23.3 Å². The van der Waals surface area contributed by atoms with Crippen LogP contribution in [0.15, 0.2) is 65.1 Å². The molecular weight excluding hydrogens is 318 g/mol. The maximum atomic E-state index is 3.51. The van der Waals surface area contributed by atoms with E-state index in [4.69, 9.17) is 0 Å². The van der Waals surface area contributed by atoms with Crippen LogP contribution in [0, 0.1) is 5.92 Å². The lowest BCUT2D eigenvalue weighted by Gasteiger charge is -2.11. The summed E-state index contributed by atoms with van der Waals surface area (Å²) in [5.74, 6) is 0.471. The summed E-state index contributed by atoms with van der Waals surface area (Å²) >= 11 is 3.62. The third-order valence-corrected chi connectivity index (χ3v) is 5.62. The van der Waals surface area contributed by atoms with Gasteiger partial charge in [0.25, 0.3) is 0 Å². The van der Waals surface area contributed by atoms with Gasteiger partial charge in [0.1, 0.15) is 0 Å². The first-order chi connectivity index (χ1) is 11.2. The predicted molar refractivity (Wildman–Crippen MR) is 108 cm³/mol. The molecule has 3 heteroatoms. The van der Waals surface area contributed by atoms with Crippen LogP contribution in [-0.2, 0) is 6.54 Å². The van der Waals surface area contributed by atoms with E-state index in [0.717, 1.165) is 6.54 Å². The minimum atomic E-state index is 0.471. The second kappa shape index (κ2) is 9.11. The van der Waals surface area contributed by atoms with Crippen LogP contribution in [-0.4, -0.2) is 0 Å². The molecule has 1 aromatic carbocycles. The summed E-state index contributed by atoms with van der Waals surface area (Å²) in [6.07, 6.45) is 8.83. The van der Waals surface area contributed by atoms with Crippen molar-refractivity contribution in [2.45, 2.75) is 34.2 Å². The van der Waals surface area contributed by atoms with Gasteiger partial charge in [-0.1, -0.05) is 62.8 Å². The van der Waals surface area contributed by atoms with Crippen molar-refractivity contribution in [1.29, 1.82) is 0 Å². The number of benzene rings is 1. The maximum absolute atomic E-state index is 3.51. The maximum Gasteiger partial charge on any atom is 0.0407 e. The zero-order valence-electron chi connectivity index (χ0n) is 14.3. The third-order valence-electron chi connectivity index (χ3n) is 3.49. The van der Waals surface area contributed by atoms with Crippen molar-refractivity contribution in [2.24, 2.45) is 5.92 Å². The fourth-order valence-corrected chi connectivity index (χ4v) is 4.31. The van der Waals surface area contributed by atoms with Crippen molar-refractivity contribution in [2.75, 3.05) is 0 Å². The molecule has 1 nitrogen and oxygen atoms in total. The van der Waals surface area contributed by atoms with Crippen molar-refractivity contribution in [3.63, 3.8) is 0 Å². The normalized spacial score (nSPS) is 17.1. The summed E-state index contributed by atoms with van der Waals surface area (Å²) in [5.41, 5.74) is 1.31. The zero-order valence-corrected chi connectivity index (χ0v) is 15.9. The highest BCUT2D eigenvalue weighted by atomic mass is 32.2. The number of nitrogens with one attached hydrogen (secondary N) is 1. The summed E-state index contributed by atoms with van der Waals surface area (Å²) in [6.45, 7) is 9.29. The fraction of sp³-hybridized carbons (Fsp3) is 0.300. The first-order valence-electron chi connectivity index (χ1n) is 8.16. The lowest BCUT2D eigenvalue weighted by molar-refractivity contribution is 0.914. The summed E-state index contributed by atoms with van der Waals surface area (Å²) in [6, 6.07) is 10.8. The topological polar surface area (TPSA) is 12.0 Å². The van der Waals surface area contributed by atoms with E-state index in [1.165, 1.54) is 25.4 Å². The van der Waals surface area contributed by atoms with E-state index in [9.17, 15) is 0 Å². The van der Waals surface area contributed by atoms with E-state index in [2.05, 4.69) is 73.2 Å². The van der Waals surface area contributed by atoms with Crippen molar-refractivity contribution in [1.82, 2.24) is 4.72 Å². The molecule has 0 saturated heterocycles. The van der Waals surface area contributed by atoms with Crippen LogP contribution in [0.1, 0.15) is 32.6 Å². The van der Waals surface area contributed by atoms with Gasteiger partial charge in [-0.2, -0.15) is 0 Å². The van der Waals surface area contributed by atoms with Crippen molar-refractivity contribution in [3.8, 4) is 0 Å². The number of hydrogen-bond donors (Lipinski definition) is 1. The first-order valence-corrected chi connectivity index (χ1v) is 9.79. The van der Waals surface area contributed by atoms with Gasteiger partial charge in [-0.05, 0) is 42.5 Å².